The van der Waals surface area contributed by atoms with E-state index >= 15 is 0 Å². The van der Waals surface area contributed by atoms with Crippen LogP contribution >= 0.6 is 0 Å². The predicted octanol–water partition coefficient (Wildman–Crippen LogP) is 1.59. The Morgan fingerprint density at radius 1 is 1.65 bits per heavy atom. The molecular formula is C12H19NO4. The van der Waals surface area contributed by atoms with Gasteiger partial charge in [0.2, 0.25) is 0 Å². The SMILES string of the molecule is COCCC(C)(C(=O)O)N(C)Cc1ccoc1. The van der Waals surface area contributed by atoms with Crippen molar-refractivity contribution in [1.29, 1.82) is 0 Å². The second kappa shape index (κ2) is 5.84. The van der Waals surface area contributed by atoms with Crippen LogP contribution in [0.25, 0.3) is 0 Å². The van der Waals surface area contributed by atoms with Crippen molar-refractivity contribution in [1.82, 2.24) is 4.90 Å². The molecule has 1 aromatic rings. The van der Waals surface area contributed by atoms with Crippen molar-refractivity contribution in [3.8, 4) is 0 Å². The van der Waals surface area contributed by atoms with Gasteiger partial charge in [0.15, 0.2) is 0 Å². The highest BCUT2D eigenvalue weighted by Gasteiger charge is 2.37. The van der Waals surface area contributed by atoms with Crippen LogP contribution in [0.15, 0.2) is 23.0 Å². The smallest absolute Gasteiger partial charge is 0.323 e. The first-order valence-electron chi connectivity index (χ1n) is 5.45. The van der Waals surface area contributed by atoms with Crippen LogP contribution in [0.4, 0.5) is 0 Å². The predicted molar refractivity (Wildman–Crippen MR) is 62.7 cm³/mol. The molecule has 0 bridgehead atoms. The van der Waals surface area contributed by atoms with Gasteiger partial charge in [0, 0.05) is 25.8 Å². The molecule has 0 aromatic carbocycles. The van der Waals surface area contributed by atoms with Crippen molar-refractivity contribution < 1.29 is 19.1 Å². The Kier molecular flexibility index (Phi) is 4.72. The fourth-order valence-electron chi connectivity index (χ4n) is 1.59. The molecule has 1 unspecified atom stereocenters. The Labute approximate surface area is 101 Å². The van der Waals surface area contributed by atoms with E-state index in [1.165, 1.54) is 0 Å². The molecule has 0 radical (unpaired) electrons. The highest BCUT2D eigenvalue weighted by Crippen LogP contribution is 2.21. The summed E-state index contributed by atoms with van der Waals surface area (Å²) in [4.78, 5) is 13.2. The van der Waals surface area contributed by atoms with E-state index in [0.29, 0.717) is 19.6 Å². The number of hydrogen-bond acceptors (Lipinski definition) is 4. The van der Waals surface area contributed by atoms with Crippen LogP contribution in [0.3, 0.4) is 0 Å². The van der Waals surface area contributed by atoms with Crippen LogP contribution in [0.2, 0.25) is 0 Å². The van der Waals surface area contributed by atoms with E-state index in [4.69, 9.17) is 9.15 Å². The Morgan fingerprint density at radius 3 is 2.82 bits per heavy atom. The molecule has 0 amide bonds. The molecule has 0 saturated heterocycles. The van der Waals surface area contributed by atoms with Gasteiger partial charge in [0.1, 0.15) is 5.54 Å². The summed E-state index contributed by atoms with van der Waals surface area (Å²) in [5.41, 5.74) is 0.0187. The molecule has 0 spiro atoms. The molecule has 1 aromatic heterocycles. The van der Waals surface area contributed by atoms with Gasteiger partial charge in [0.25, 0.3) is 0 Å². The molecule has 0 aliphatic carbocycles. The van der Waals surface area contributed by atoms with E-state index in [1.807, 2.05) is 6.07 Å². The number of furan rings is 1. The molecule has 1 N–H and O–H groups in total. The van der Waals surface area contributed by atoms with Gasteiger partial charge in [-0.05, 0) is 26.5 Å². The van der Waals surface area contributed by atoms with Crippen molar-refractivity contribution in [2.45, 2.75) is 25.4 Å². The molecule has 1 atom stereocenters. The van der Waals surface area contributed by atoms with Gasteiger partial charge in [-0.15, -0.1) is 0 Å². The second-order valence-electron chi connectivity index (χ2n) is 4.31. The first-order valence-corrected chi connectivity index (χ1v) is 5.45. The van der Waals surface area contributed by atoms with Gasteiger partial charge in [-0.3, -0.25) is 9.69 Å². The topological polar surface area (TPSA) is 62.9 Å². The minimum atomic E-state index is -0.937. The maximum absolute atomic E-state index is 11.4. The van der Waals surface area contributed by atoms with Crippen molar-refractivity contribution in [3.63, 3.8) is 0 Å². The van der Waals surface area contributed by atoms with Gasteiger partial charge in [-0.2, -0.15) is 0 Å². The zero-order valence-corrected chi connectivity index (χ0v) is 10.5. The van der Waals surface area contributed by atoms with E-state index in [0.717, 1.165) is 5.56 Å². The van der Waals surface area contributed by atoms with Crippen LogP contribution in [0.1, 0.15) is 18.9 Å². The van der Waals surface area contributed by atoms with E-state index in [-0.39, 0.29) is 0 Å². The Morgan fingerprint density at radius 2 is 2.35 bits per heavy atom. The molecular weight excluding hydrogens is 222 g/mol. The third-order valence-electron chi connectivity index (χ3n) is 3.10. The first-order chi connectivity index (χ1) is 8.00. The van der Waals surface area contributed by atoms with E-state index in [2.05, 4.69) is 0 Å². The summed E-state index contributed by atoms with van der Waals surface area (Å²) in [6, 6.07) is 1.83. The lowest BCUT2D eigenvalue weighted by atomic mass is 9.96. The molecule has 1 rings (SSSR count). The maximum atomic E-state index is 11.4. The largest absolute Gasteiger partial charge is 0.480 e. The molecule has 17 heavy (non-hydrogen) atoms. The lowest BCUT2D eigenvalue weighted by Crippen LogP contribution is -2.50. The lowest BCUT2D eigenvalue weighted by Gasteiger charge is -2.34. The highest BCUT2D eigenvalue weighted by molar-refractivity contribution is 5.78. The molecule has 96 valence electrons. The van der Waals surface area contributed by atoms with E-state index in [1.54, 1.807) is 38.5 Å². The summed E-state index contributed by atoms with van der Waals surface area (Å²) in [5, 5.41) is 9.34. The van der Waals surface area contributed by atoms with Gasteiger partial charge >= 0.3 is 5.97 Å². The summed E-state index contributed by atoms with van der Waals surface area (Å²) in [7, 11) is 3.36. The standard InChI is InChI=1S/C12H19NO4/c1-12(11(14)15,5-7-16-3)13(2)8-10-4-6-17-9-10/h4,6,9H,5,7-8H2,1-3H3,(H,14,15). The van der Waals surface area contributed by atoms with Crippen LogP contribution in [-0.2, 0) is 16.1 Å². The number of carboxylic acids is 1. The number of carboxylic acid groups (broad SMARTS) is 1. The number of aliphatic carboxylic acids is 1. The Balaban J connectivity index is 2.72. The minimum absolute atomic E-state index is 0.415. The molecule has 0 saturated carbocycles. The first kappa shape index (κ1) is 13.7. The summed E-state index contributed by atoms with van der Waals surface area (Å²) < 4.78 is 9.94. The van der Waals surface area contributed by atoms with Gasteiger partial charge in [-0.1, -0.05) is 0 Å². The number of hydrogen-bond donors (Lipinski definition) is 1. The minimum Gasteiger partial charge on any atom is -0.480 e. The summed E-state index contributed by atoms with van der Waals surface area (Å²) >= 11 is 0. The molecule has 1 heterocycles. The molecule has 0 aliphatic heterocycles. The summed E-state index contributed by atoms with van der Waals surface area (Å²) in [6.45, 7) is 2.65. The normalized spacial score (nSPS) is 14.8. The Hall–Kier alpha value is -1.33. The highest BCUT2D eigenvalue weighted by atomic mass is 16.5. The lowest BCUT2D eigenvalue weighted by molar-refractivity contribution is -0.151. The van der Waals surface area contributed by atoms with Gasteiger partial charge < -0.3 is 14.3 Å². The number of methoxy groups -OCH3 is 1. The monoisotopic (exact) mass is 241 g/mol. The van der Waals surface area contributed by atoms with Crippen LogP contribution in [0, 0.1) is 0 Å². The molecule has 0 fully saturated rings. The molecule has 5 heteroatoms. The number of carbonyl (C=O) groups is 1. The second-order valence-corrected chi connectivity index (χ2v) is 4.31. The zero-order valence-electron chi connectivity index (χ0n) is 10.5. The van der Waals surface area contributed by atoms with Crippen molar-refractivity contribution in [3.05, 3.63) is 24.2 Å². The zero-order chi connectivity index (χ0) is 12.9. The van der Waals surface area contributed by atoms with Crippen molar-refractivity contribution in [2.24, 2.45) is 0 Å². The summed E-state index contributed by atoms with van der Waals surface area (Å²) in [5.74, 6) is -0.847. The van der Waals surface area contributed by atoms with Gasteiger partial charge in [0.05, 0.1) is 12.5 Å². The van der Waals surface area contributed by atoms with Crippen LogP contribution < -0.4 is 0 Å². The fraction of sp³-hybridized carbons (Fsp3) is 0.583. The van der Waals surface area contributed by atoms with E-state index in [9.17, 15) is 9.90 Å². The third-order valence-corrected chi connectivity index (χ3v) is 3.10. The number of rotatable bonds is 7. The third kappa shape index (κ3) is 3.31. The number of ether oxygens (including phenoxy) is 1. The molecule has 5 nitrogen and oxygen atoms in total. The maximum Gasteiger partial charge on any atom is 0.323 e. The fourth-order valence-corrected chi connectivity index (χ4v) is 1.59. The average molecular weight is 241 g/mol. The van der Waals surface area contributed by atoms with E-state index < -0.39 is 11.5 Å². The average Bonchev–Trinajstić information content (AvgIpc) is 2.78. The Bertz CT molecular complexity index is 349. The van der Waals surface area contributed by atoms with Crippen LogP contribution in [-0.4, -0.2) is 42.3 Å². The number of nitrogens with zero attached hydrogens (tertiary/aromatic N) is 1. The number of likely N-dealkylation sites (N-methyl/N-ethyl adjacent to an activating group) is 1. The quantitative estimate of drug-likeness (QED) is 0.785. The summed E-state index contributed by atoms with van der Waals surface area (Å²) in [6.07, 6.45) is 3.64. The molecule has 0 aliphatic rings. The van der Waals surface area contributed by atoms with Crippen molar-refractivity contribution in [2.75, 3.05) is 20.8 Å². The van der Waals surface area contributed by atoms with Crippen LogP contribution in [0.5, 0.6) is 0 Å². The van der Waals surface area contributed by atoms with Crippen molar-refractivity contribution >= 4 is 5.97 Å². The van der Waals surface area contributed by atoms with Gasteiger partial charge in [-0.25, -0.2) is 0 Å².